The maximum absolute atomic E-state index is 12.9. The van der Waals surface area contributed by atoms with Crippen molar-refractivity contribution in [3.05, 3.63) is 35.4 Å². The number of rotatable bonds is 7. The number of ketones is 1. The van der Waals surface area contributed by atoms with E-state index in [1.165, 1.54) is 6.07 Å². The number of benzene rings is 1. The van der Waals surface area contributed by atoms with Gasteiger partial charge in [-0.2, -0.15) is 0 Å². The van der Waals surface area contributed by atoms with Gasteiger partial charge in [0.2, 0.25) is 0 Å². The van der Waals surface area contributed by atoms with Crippen LogP contribution in [0.4, 0.5) is 8.78 Å². The molecule has 0 aliphatic rings. The molecule has 0 aliphatic heterocycles. The monoisotopic (exact) mass is 242 g/mol. The quantitative estimate of drug-likeness (QED) is 0.687. The van der Waals surface area contributed by atoms with E-state index in [0.29, 0.717) is 31.6 Å². The van der Waals surface area contributed by atoms with Crippen molar-refractivity contribution in [3.63, 3.8) is 0 Å². The van der Waals surface area contributed by atoms with Gasteiger partial charge in [-0.3, -0.25) is 4.79 Å². The molecule has 0 saturated heterocycles. The summed E-state index contributed by atoms with van der Waals surface area (Å²) in [4.78, 5) is 11.5. The lowest BCUT2D eigenvalue weighted by atomic mass is 10.1. The molecule has 0 unspecified atom stereocenters. The Kier molecular flexibility index (Phi) is 5.77. The third kappa shape index (κ3) is 5.04. The summed E-state index contributed by atoms with van der Waals surface area (Å²) in [5.74, 6) is -1.79. The fourth-order valence-corrected chi connectivity index (χ4v) is 1.48. The summed E-state index contributed by atoms with van der Waals surface area (Å²) in [6.45, 7) is 3.08. The topological polar surface area (TPSA) is 26.3 Å². The Morgan fingerprint density at radius 2 is 2.06 bits per heavy atom. The van der Waals surface area contributed by atoms with Gasteiger partial charge in [0.15, 0.2) is 11.6 Å². The van der Waals surface area contributed by atoms with Crippen LogP contribution in [0.3, 0.4) is 0 Å². The Morgan fingerprint density at radius 3 is 2.71 bits per heavy atom. The van der Waals surface area contributed by atoms with Crippen LogP contribution in [0.2, 0.25) is 0 Å². The molecule has 0 aliphatic carbocycles. The van der Waals surface area contributed by atoms with Gasteiger partial charge in [0.25, 0.3) is 0 Å². The van der Waals surface area contributed by atoms with Gasteiger partial charge in [-0.15, -0.1) is 0 Å². The van der Waals surface area contributed by atoms with E-state index in [9.17, 15) is 13.6 Å². The molecule has 0 aromatic heterocycles. The van der Waals surface area contributed by atoms with E-state index in [2.05, 4.69) is 0 Å². The second-order valence-corrected chi connectivity index (χ2v) is 3.76. The number of ether oxygens (including phenoxy) is 1. The number of halogens is 2. The van der Waals surface area contributed by atoms with Crippen molar-refractivity contribution in [2.75, 3.05) is 13.2 Å². The highest BCUT2D eigenvalue weighted by Gasteiger charge is 2.07. The molecule has 0 saturated carbocycles. The van der Waals surface area contributed by atoms with Crippen LogP contribution in [0.15, 0.2) is 18.2 Å². The van der Waals surface area contributed by atoms with Gasteiger partial charge in [-0.25, -0.2) is 8.78 Å². The molecule has 0 heterocycles. The molecule has 0 atom stereocenters. The molecule has 0 radical (unpaired) electrons. The lowest BCUT2D eigenvalue weighted by Gasteiger charge is -2.03. The second-order valence-electron chi connectivity index (χ2n) is 3.76. The summed E-state index contributed by atoms with van der Waals surface area (Å²) in [6, 6.07) is 3.53. The predicted molar refractivity (Wildman–Crippen MR) is 60.8 cm³/mol. The lowest BCUT2D eigenvalue weighted by molar-refractivity contribution is -0.118. The van der Waals surface area contributed by atoms with Crippen molar-refractivity contribution in [2.45, 2.75) is 26.2 Å². The summed E-state index contributed by atoms with van der Waals surface area (Å²) in [5.41, 5.74) is 0.505. The van der Waals surface area contributed by atoms with Crippen LogP contribution < -0.4 is 0 Å². The number of hydrogen-bond acceptors (Lipinski definition) is 2. The van der Waals surface area contributed by atoms with Crippen molar-refractivity contribution < 1.29 is 18.3 Å². The second kappa shape index (κ2) is 7.12. The molecule has 94 valence electrons. The summed E-state index contributed by atoms with van der Waals surface area (Å²) < 4.78 is 30.6. The minimum atomic E-state index is -0.912. The van der Waals surface area contributed by atoms with Crippen LogP contribution in [0.1, 0.15) is 25.3 Å². The zero-order valence-electron chi connectivity index (χ0n) is 9.84. The molecule has 17 heavy (non-hydrogen) atoms. The molecular formula is C13H16F2O2. The first-order valence-corrected chi connectivity index (χ1v) is 5.67. The smallest absolute Gasteiger partial charge is 0.159 e. The molecule has 4 heteroatoms. The van der Waals surface area contributed by atoms with Crippen molar-refractivity contribution in [2.24, 2.45) is 0 Å². The van der Waals surface area contributed by atoms with Crippen molar-refractivity contribution in [3.8, 4) is 0 Å². The van der Waals surface area contributed by atoms with Gasteiger partial charge >= 0.3 is 0 Å². The van der Waals surface area contributed by atoms with E-state index in [4.69, 9.17) is 4.74 Å². The number of carbonyl (C=O) groups is 1. The first-order chi connectivity index (χ1) is 8.13. The molecule has 1 aromatic rings. The van der Waals surface area contributed by atoms with Crippen LogP contribution in [-0.2, 0) is 16.0 Å². The van der Waals surface area contributed by atoms with Crippen LogP contribution in [0, 0.1) is 11.6 Å². The Morgan fingerprint density at radius 1 is 1.29 bits per heavy atom. The van der Waals surface area contributed by atoms with Gasteiger partial charge in [0.05, 0.1) is 0 Å². The largest absolute Gasteiger partial charge is 0.382 e. The Labute approximate surface area is 99.6 Å². The van der Waals surface area contributed by atoms with Gasteiger partial charge in [0.1, 0.15) is 5.78 Å². The summed E-state index contributed by atoms with van der Waals surface area (Å²) >= 11 is 0. The number of hydrogen-bond donors (Lipinski definition) is 0. The van der Waals surface area contributed by atoms with E-state index in [-0.39, 0.29) is 12.2 Å². The summed E-state index contributed by atoms with van der Waals surface area (Å²) in [7, 11) is 0. The maximum atomic E-state index is 12.9. The molecular weight excluding hydrogens is 226 g/mol. The maximum Gasteiger partial charge on any atom is 0.159 e. The number of Topliss-reactive ketones (excluding diaryl/α,β-unsaturated/α-hetero) is 1. The predicted octanol–water partition coefficient (Wildman–Crippen LogP) is 2.89. The van der Waals surface area contributed by atoms with Gasteiger partial charge in [-0.05, 0) is 31.0 Å². The zero-order valence-corrected chi connectivity index (χ0v) is 9.84. The van der Waals surface area contributed by atoms with Gasteiger partial charge in [0, 0.05) is 26.1 Å². The summed E-state index contributed by atoms with van der Waals surface area (Å²) in [5, 5.41) is 0. The third-order valence-electron chi connectivity index (χ3n) is 2.33. The molecule has 0 amide bonds. The SMILES string of the molecule is CCOCCCC(=O)Cc1ccc(F)c(F)c1. The van der Waals surface area contributed by atoms with Crippen LogP contribution >= 0.6 is 0 Å². The fourth-order valence-electron chi connectivity index (χ4n) is 1.48. The van der Waals surface area contributed by atoms with Crippen LogP contribution in [0.5, 0.6) is 0 Å². The van der Waals surface area contributed by atoms with E-state index in [1.54, 1.807) is 0 Å². The average molecular weight is 242 g/mol. The Bertz CT molecular complexity index is 378. The third-order valence-corrected chi connectivity index (χ3v) is 2.33. The highest BCUT2D eigenvalue weighted by atomic mass is 19.2. The molecule has 2 nitrogen and oxygen atoms in total. The van der Waals surface area contributed by atoms with Crippen molar-refractivity contribution in [1.82, 2.24) is 0 Å². The first-order valence-electron chi connectivity index (χ1n) is 5.67. The van der Waals surface area contributed by atoms with Crippen molar-refractivity contribution >= 4 is 5.78 Å². The normalized spacial score (nSPS) is 10.5. The van der Waals surface area contributed by atoms with Crippen LogP contribution in [-0.4, -0.2) is 19.0 Å². The molecule has 0 fully saturated rings. The molecule has 0 N–H and O–H groups in total. The van der Waals surface area contributed by atoms with Crippen LogP contribution in [0.25, 0.3) is 0 Å². The van der Waals surface area contributed by atoms with E-state index >= 15 is 0 Å². The van der Waals surface area contributed by atoms with Gasteiger partial charge < -0.3 is 4.74 Å². The highest BCUT2D eigenvalue weighted by Crippen LogP contribution is 2.10. The minimum absolute atomic E-state index is 0.00992. The highest BCUT2D eigenvalue weighted by molar-refractivity contribution is 5.80. The molecule has 0 bridgehead atoms. The van der Waals surface area contributed by atoms with Gasteiger partial charge in [-0.1, -0.05) is 6.07 Å². The number of carbonyl (C=O) groups excluding carboxylic acids is 1. The summed E-state index contributed by atoms with van der Waals surface area (Å²) in [6.07, 6.45) is 1.21. The Hall–Kier alpha value is -1.29. The Balaban J connectivity index is 2.37. The van der Waals surface area contributed by atoms with E-state index in [1.807, 2.05) is 6.92 Å². The minimum Gasteiger partial charge on any atom is -0.382 e. The van der Waals surface area contributed by atoms with E-state index in [0.717, 1.165) is 12.1 Å². The molecule has 1 aromatic carbocycles. The zero-order chi connectivity index (χ0) is 12.7. The molecule has 1 rings (SSSR count). The fraction of sp³-hybridized carbons (Fsp3) is 0.462. The standard InChI is InChI=1S/C13H16F2O2/c1-2-17-7-3-4-11(16)8-10-5-6-12(14)13(15)9-10/h5-6,9H,2-4,7-8H2,1H3. The average Bonchev–Trinajstić information content (AvgIpc) is 2.30. The lowest BCUT2D eigenvalue weighted by Crippen LogP contribution is -2.05. The van der Waals surface area contributed by atoms with Crippen molar-refractivity contribution in [1.29, 1.82) is 0 Å². The van der Waals surface area contributed by atoms with E-state index < -0.39 is 11.6 Å². The molecule has 0 spiro atoms. The first kappa shape index (κ1) is 13.8.